The average Bonchev–Trinajstić information content (AvgIpc) is 3.05. The zero-order valence-corrected chi connectivity index (χ0v) is 12.6. The molecule has 1 aliphatic rings. The van der Waals surface area contributed by atoms with Crippen LogP contribution in [-0.2, 0) is 4.79 Å². The fraction of sp³-hybridized carbons (Fsp3) is 0.312. The molecule has 0 N–H and O–H groups in total. The van der Waals surface area contributed by atoms with Gasteiger partial charge in [0.15, 0.2) is 0 Å². The van der Waals surface area contributed by atoms with Gasteiger partial charge >= 0.3 is 0 Å². The number of amides is 1. The maximum absolute atomic E-state index is 11.8. The number of rotatable bonds is 3. The third-order valence-corrected chi connectivity index (χ3v) is 4.96. The summed E-state index contributed by atoms with van der Waals surface area (Å²) < 4.78 is 2.14. The molecule has 3 nitrogen and oxygen atoms in total. The number of benzene rings is 1. The van der Waals surface area contributed by atoms with E-state index in [9.17, 15) is 4.79 Å². The van der Waals surface area contributed by atoms with Gasteiger partial charge in [0.1, 0.15) is 5.37 Å². The first-order valence-corrected chi connectivity index (χ1v) is 7.90. The van der Waals surface area contributed by atoms with Crippen molar-refractivity contribution < 1.29 is 4.79 Å². The van der Waals surface area contributed by atoms with Crippen LogP contribution < -0.4 is 0 Å². The Labute approximate surface area is 123 Å². The summed E-state index contributed by atoms with van der Waals surface area (Å²) in [6, 6.07) is 10.4. The fourth-order valence-electron chi connectivity index (χ4n) is 2.63. The standard InChI is InChI=1S/C16H18N2OS/c1-3-18-15(19)11-20-16(18)13-8-9-17(10-13)14-7-5-4-6-12(14)2/h4-10,16H,3,11H2,1-2H3/t16-/m1/s1. The van der Waals surface area contributed by atoms with Gasteiger partial charge in [-0.05, 0) is 31.5 Å². The smallest absolute Gasteiger partial charge is 0.233 e. The lowest BCUT2D eigenvalue weighted by Gasteiger charge is -2.21. The van der Waals surface area contributed by atoms with E-state index in [4.69, 9.17) is 0 Å². The van der Waals surface area contributed by atoms with Crippen molar-refractivity contribution in [2.45, 2.75) is 19.2 Å². The largest absolute Gasteiger partial charge is 0.326 e. The van der Waals surface area contributed by atoms with Crippen molar-refractivity contribution >= 4 is 17.7 Å². The molecule has 0 bridgehead atoms. The summed E-state index contributed by atoms with van der Waals surface area (Å²) in [5.74, 6) is 0.833. The van der Waals surface area contributed by atoms with Crippen LogP contribution in [0.2, 0.25) is 0 Å². The fourth-order valence-corrected chi connectivity index (χ4v) is 3.88. The highest BCUT2D eigenvalue weighted by atomic mass is 32.2. The van der Waals surface area contributed by atoms with E-state index < -0.39 is 0 Å². The molecule has 0 spiro atoms. The molecule has 3 rings (SSSR count). The van der Waals surface area contributed by atoms with Gasteiger partial charge in [-0.2, -0.15) is 0 Å². The van der Waals surface area contributed by atoms with Crippen LogP contribution in [0.25, 0.3) is 5.69 Å². The number of carbonyl (C=O) groups excluding carboxylic acids is 1. The molecular formula is C16H18N2OS. The molecule has 0 saturated carbocycles. The Kier molecular flexibility index (Phi) is 3.57. The summed E-state index contributed by atoms with van der Waals surface area (Å²) in [7, 11) is 0. The molecule has 104 valence electrons. The van der Waals surface area contributed by atoms with Gasteiger partial charge in [0.05, 0.1) is 5.75 Å². The van der Waals surface area contributed by atoms with Crippen LogP contribution in [0, 0.1) is 6.92 Å². The van der Waals surface area contributed by atoms with E-state index in [1.807, 2.05) is 24.0 Å². The average molecular weight is 286 g/mol. The first-order chi connectivity index (χ1) is 9.70. The van der Waals surface area contributed by atoms with Crippen molar-refractivity contribution in [2.24, 2.45) is 0 Å². The monoisotopic (exact) mass is 286 g/mol. The van der Waals surface area contributed by atoms with Crippen molar-refractivity contribution in [1.29, 1.82) is 0 Å². The van der Waals surface area contributed by atoms with Crippen LogP contribution in [0.1, 0.15) is 23.4 Å². The number of carbonyl (C=O) groups is 1. The van der Waals surface area contributed by atoms with Gasteiger partial charge < -0.3 is 9.47 Å². The second-order valence-corrected chi connectivity index (χ2v) is 6.05. The third kappa shape index (κ3) is 2.24. The SMILES string of the molecule is CCN1C(=O)CS[C@@H]1c1ccn(-c2ccccc2C)c1. The van der Waals surface area contributed by atoms with E-state index in [-0.39, 0.29) is 11.3 Å². The van der Waals surface area contributed by atoms with E-state index in [1.165, 1.54) is 16.8 Å². The lowest BCUT2D eigenvalue weighted by atomic mass is 10.2. The Bertz CT molecular complexity index is 635. The summed E-state index contributed by atoms with van der Waals surface area (Å²) in [6.07, 6.45) is 4.22. The minimum atomic E-state index is 0.165. The van der Waals surface area contributed by atoms with Crippen molar-refractivity contribution in [3.63, 3.8) is 0 Å². The minimum absolute atomic E-state index is 0.165. The maximum Gasteiger partial charge on any atom is 0.233 e. The van der Waals surface area contributed by atoms with Gasteiger partial charge in [0.25, 0.3) is 0 Å². The molecule has 1 aromatic carbocycles. The Balaban J connectivity index is 1.91. The molecule has 2 aromatic rings. The number of thioether (sulfide) groups is 1. The van der Waals surface area contributed by atoms with E-state index in [2.05, 4.69) is 42.1 Å². The first-order valence-electron chi connectivity index (χ1n) is 6.85. The second-order valence-electron chi connectivity index (χ2n) is 4.98. The Morgan fingerprint density at radius 3 is 2.85 bits per heavy atom. The van der Waals surface area contributed by atoms with Crippen LogP contribution in [0.4, 0.5) is 0 Å². The van der Waals surface area contributed by atoms with Gasteiger partial charge in [-0.25, -0.2) is 0 Å². The van der Waals surface area contributed by atoms with Crippen molar-refractivity contribution in [3.05, 3.63) is 53.9 Å². The molecule has 1 amide bonds. The molecule has 4 heteroatoms. The van der Waals surface area contributed by atoms with E-state index in [1.54, 1.807) is 11.8 Å². The van der Waals surface area contributed by atoms with Crippen molar-refractivity contribution in [3.8, 4) is 5.69 Å². The van der Waals surface area contributed by atoms with Crippen LogP contribution in [0.15, 0.2) is 42.7 Å². The van der Waals surface area contributed by atoms with Gasteiger partial charge in [-0.3, -0.25) is 4.79 Å². The number of aromatic nitrogens is 1. The van der Waals surface area contributed by atoms with Crippen LogP contribution in [0.5, 0.6) is 0 Å². The molecular weight excluding hydrogens is 268 g/mol. The summed E-state index contributed by atoms with van der Waals surface area (Å²) >= 11 is 1.71. The van der Waals surface area contributed by atoms with Crippen LogP contribution in [-0.4, -0.2) is 27.7 Å². The molecule has 1 aromatic heterocycles. The van der Waals surface area contributed by atoms with E-state index >= 15 is 0 Å². The highest BCUT2D eigenvalue weighted by Gasteiger charge is 2.31. The number of para-hydroxylation sites is 1. The van der Waals surface area contributed by atoms with Gasteiger partial charge in [0.2, 0.25) is 5.91 Å². The lowest BCUT2D eigenvalue weighted by molar-refractivity contribution is -0.127. The number of nitrogens with zero attached hydrogens (tertiary/aromatic N) is 2. The zero-order valence-electron chi connectivity index (χ0n) is 11.7. The Morgan fingerprint density at radius 1 is 1.30 bits per heavy atom. The number of hydrogen-bond acceptors (Lipinski definition) is 2. The van der Waals surface area contributed by atoms with Crippen molar-refractivity contribution in [1.82, 2.24) is 9.47 Å². The van der Waals surface area contributed by atoms with E-state index in [0.717, 1.165) is 6.54 Å². The minimum Gasteiger partial charge on any atom is -0.326 e. The Hall–Kier alpha value is -1.68. The van der Waals surface area contributed by atoms with Crippen LogP contribution in [0.3, 0.4) is 0 Å². The van der Waals surface area contributed by atoms with Gasteiger partial charge in [0, 0.05) is 30.2 Å². The molecule has 1 aliphatic heterocycles. The van der Waals surface area contributed by atoms with Crippen molar-refractivity contribution in [2.75, 3.05) is 12.3 Å². The molecule has 1 saturated heterocycles. The zero-order chi connectivity index (χ0) is 14.1. The molecule has 20 heavy (non-hydrogen) atoms. The maximum atomic E-state index is 11.8. The highest BCUT2D eigenvalue weighted by Crippen LogP contribution is 2.38. The molecule has 2 heterocycles. The molecule has 0 radical (unpaired) electrons. The number of hydrogen-bond donors (Lipinski definition) is 0. The third-order valence-electron chi connectivity index (χ3n) is 3.70. The summed E-state index contributed by atoms with van der Waals surface area (Å²) in [6.45, 7) is 4.92. The lowest BCUT2D eigenvalue weighted by Crippen LogP contribution is -2.27. The van der Waals surface area contributed by atoms with Gasteiger partial charge in [-0.1, -0.05) is 18.2 Å². The molecule has 0 unspecified atom stereocenters. The number of aryl methyl sites for hydroxylation is 1. The molecule has 0 aliphatic carbocycles. The second kappa shape index (κ2) is 5.37. The van der Waals surface area contributed by atoms with Gasteiger partial charge in [-0.15, -0.1) is 11.8 Å². The summed E-state index contributed by atoms with van der Waals surface area (Å²) in [5, 5.41) is 0.165. The normalized spacial score (nSPS) is 18.8. The predicted octanol–water partition coefficient (Wildman–Crippen LogP) is 3.38. The van der Waals surface area contributed by atoms with Crippen LogP contribution >= 0.6 is 11.8 Å². The Morgan fingerprint density at radius 2 is 2.10 bits per heavy atom. The molecule has 1 fully saturated rings. The van der Waals surface area contributed by atoms with E-state index in [0.29, 0.717) is 5.75 Å². The first kappa shape index (κ1) is 13.3. The summed E-state index contributed by atoms with van der Waals surface area (Å²) in [5.41, 5.74) is 3.64. The topological polar surface area (TPSA) is 25.2 Å². The highest BCUT2D eigenvalue weighted by molar-refractivity contribution is 8.00. The predicted molar refractivity (Wildman–Crippen MR) is 83.1 cm³/mol. The quantitative estimate of drug-likeness (QED) is 0.864. The molecule has 1 atom stereocenters. The summed E-state index contributed by atoms with van der Waals surface area (Å²) in [4.78, 5) is 13.8.